The molecule has 12 heteroatoms. The summed E-state index contributed by atoms with van der Waals surface area (Å²) >= 11 is 0. The molecular weight excluding hydrogens is 475 g/mol. The first kappa shape index (κ1) is 23.4. The number of aromatic nitrogens is 2. The SMILES string of the molecule is C[N+]1(C(=O)N2CCC(Oc3ncnc4c3CCN4c3ccc(S(C)(=O)=O)cc3F)CC2)C=CN=C1. The number of quaternary nitrogens is 1. The highest BCUT2D eigenvalue weighted by Gasteiger charge is 2.38. The molecule has 1 fully saturated rings. The van der Waals surface area contributed by atoms with Crippen molar-refractivity contribution >= 4 is 33.7 Å². The van der Waals surface area contributed by atoms with Crippen molar-refractivity contribution in [3.05, 3.63) is 48.3 Å². The molecule has 2 aromatic rings. The Kier molecular flexibility index (Phi) is 5.80. The van der Waals surface area contributed by atoms with Gasteiger partial charge in [0.25, 0.3) is 0 Å². The number of carbonyl (C=O) groups is 1. The number of ether oxygens (including phenoxy) is 1. The van der Waals surface area contributed by atoms with Gasteiger partial charge in [-0.25, -0.2) is 32.6 Å². The molecule has 1 atom stereocenters. The zero-order valence-corrected chi connectivity index (χ0v) is 20.3. The third kappa shape index (κ3) is 4.39. The van der Waals surface area contributed by atoms with E-state index in [1.807, 2.05) is 4.90 Å². The molecule has 4 heterocycles. The summed E-state index contributed by atoms with van der Waals surface area (Å²) in [6.07, 6.45) is 9.20. The van der Waals surface area contributed by atoms with Crippen LogP contribution in [-0.4, -0.2) is 79.2 Å². The first-order valence-electron chi connectivity index (χ1n) is 11.3. The van der Waals surface area contributed by atoms with Gasteiger partial charge in [-0.15, -0.1) is 0 Å². The fourth-order valence-electron chi connectivity index (χ4n) is 4.57. The third-order valence-electron chi connectivity index (χ3n) is 6.53. The monoisotopic (exact) mass is 501 g/mol. The van der Waals surface area contributed by atoms with Crippen molar-refractivity contribution in [2.24, 2.45) is 4.99 Å². The zero-order chi connectivity index (χ0) is 24.8. The van der Waals surface area contributed by atoms with Gasteiger partial charge < -0.3 is 9.64 Å². The number of amides is 2. The molecule has 1 aromatic carbocycles. The molecule has 3 aliphatic rings. The smallest absolute Gasteiger partial charge is 0.429 e. The van der Waals surface area contributed by atoms with Gasteiger partial charge in [-0.05, 0) is 24.6 Å². The highest BCUT2D eigenvalue weighted by Crippen LogP contribution is 2.38. The lowest BCUT2D eigenvalue weighted by atomic mass is 10.1. The third-order valence-corrected chi connectivity index (χ3v) is 7.64. The first-order chi connectivity index (χ1) is 16.7. The summed E-state index contributed by atoms with van der Waals surface area (Å²) in [6, 6.07) is 3.86. The average molecular weight is 502 g/mol. The predicted octanol–water partition coefficient (Wildman–Crippen LogP) is 2.64. The summed E-state index contributed by atoms with van der Waals surface area (Å²) in [4.78, 5) is 29.0. The molecule has 1 unspecified atom stereocenters. The summed E-state index contributed by atoms with van der Waals surface area (Å²) < 4.78 is 44.5. The number of hydrogen-bond acceptors (Lipinski definition) is 8. The topological polar surface area (TPSA) is 105 Å². The largest absolute Gasteiger partial charge is 0.474 e. The van der Waals surface area contributed by atoms with E-state index in [9.17, 15) is 17.6 Å². The first-order valence-corrected chi connectivity index (χ1v) is 13.2. The lowest BCUT2D eigenvalue weighted by molar-refractivity contribution is -0.670. The molecule has 184 valence electrons. The number of piperidine rings is 1. The minimum absolute atomic E-state index is 0.0246. The number of likely N-dealkylation sites (tertiary alicyclic amines) is 1. The Morgan fingerprint density at radius 2 is 1.97 bits per heavy atom. The number of sulfone groups is 1. The van der Waals surface area contributed by atoms with Crippen LogP contribution in [0, 0.1) is 5.82 Å². The van der Waals surface area contributed by atoms with Crippen molar-refractivity contribution in [1.82, 2.24) is 14.9 Å². The van der Waals surface area contributed by atoms with Crippen LogP contribution in [0.4, 0.5) is 20.7 Å². The molecule has 2 amide bonds. The van der Waals surface area contributed by atoms with E-state index >= 15 is 0 Å². The van der Waals surface area contributed by atoms with Crippen LogP contribution < -0.4 is 9.64 Å². The number of halogens is 1. The molecule has 0 saturated carbocycles. The van der Waals surface area contributed by atoms with Gasteiger partial charge in [0.2, 0.25) is 12.2 Å². The second kappa shape index (κ2) is 8.68. The molecule has 3 aliphatic heterocycles. The minimum atomic E-state index is -3.51. The van der Waals surface area contributed by atoms with Gasteiger partial charge >= 0.3 is 6.03 Å². The summed E-state index contributed by atoms with van der Waals surface area (Å²) in [6.45, 7) is 1.60. The van der Waals surface area contributed by atoms with Gasteiger partial charge in [-0.2, -0.15) is 4.48 Å². The van der Waals surface area contributed by atoms with E-state index in [-0.39, 0.29) is 27.2 Å². The van der Waals surface area contributed by atoms with Crippen molar-refractivity contribution in [3.8, 4) is 5.88 Å². The maximum atomic E-state index is 14.8. The number of benzene rings is 1. The summed E-state index contributed by atoms with van der Waals surface area (Å²) in [7, 11) is -1.71. The van der Waals surface area contributed by atoms with Crippen LogP contribution in [0.5, 0.6) is 5.88 Å². The van der Waals surface area contributed by atoms with Crippen LogP contribution in [0.2, 0.25) is 0 Å². The maximum absolute atomic E-state index is 14.8. The maximum Gasteiger partial charge on any atom is 0.429 e. The Bertz CT molecular complexity index is 1330. The van der Waals surface area contributed by atoms with Crippen LogP contribution in [0.3, 0.4) is 0 Å². The van der Waals surface area contributed by atoms with E-state index in [1.165, 1.54) is 18.5 Å². The summed E-state index contributed by atoms with van der Waals surface area (Å²) in [5.41, 5.74) is 1.04. The molecular formula is C23H26FN6O4S+. The highest BCUT2D eigenvalue weighted by atomic mass is 32.2. The summed E-state index contributed by atoms with van der Waals surface area (Å²) in [5.74, 6) is 0.378. The lowest BCUT2D eigenvalue weighted by Gasteiger charge is -2.34. The van der Waals surface area contributed by atoms with Gasteiger partial charge in [0, 0.05) is 38.7 Å². The predicted molar refractivity (Wildman–Crippen MR) is 127 cm³/mol. The molecule has 0 N–H and O–H groups in total. The average Bonchev–Trinajstić information content (AvgIpc) is 3.46. The second-order valence-corrected chi connectivity index (χ2v) is 11.1. The van der Waals surface area contributed by atoms with Crippen LogP contribution in [-0.2, 0) is 16.3 Å². The van der Waals surface area contributed by atoms with Crippen LogP contribution in [0.15, 0.2) is 46.8 Å². The van der Waals surface area contributed by atoms with E-state index in [2.05, 4.69) is 15.0 Å². The van der Waals surface area contributed by atoms with E-state index < -0.39 is 15.7 Å². The Morgan fingerprint density at radius 3 is 2.63 bits per heavy atom. The van der Waals surface area contributed by atoms with E-state index in [0.29, 0.717) is 50.6 Å². The number of anilines is 2. The van der Waals surface area contributed by atoms with Gasteiger partial charge in [0.1, 0.15) is 30.3 Å². The Hall–Kier alpha value is -3.38. The van der Waals surface area contributed by atoms with Crippen LogP contribution in [0.25, 0.3) is 0 Å². The summed E-state index contributed by atoms with van der Waals surface area (Å²) in [5, 5.41) is 0. The minimum Gasteiger partial charge on any atom is -0.474 e. The highest BCUT2D eigenvalue weighted by molar-refractivity contribution is 7.90. The quantitative estimate of drug-likeness (QED) is 0.593. The van der Waals surface area contributed by atoms with Crippen molar-refractivity contribution in [3.63, 3.8) is 0 Å². The van der Waals surface area contributed by atoms with E-state index in [4.69, 9.17) is 4.74 Å². The molecule has 10 nitrogen and oxygen atoms in total. The number of fused-ring (bicyclic) bond motifs is 1. The second-order valence-electron chi connectivity index (χ2n) is 9.06. The van der Waals surface area contributed by atoms with Crippen molar-refractivity contribution < 1.29 is 26.8 Å². The number of nitrogens with zero attached hydrogens (tertiary/aromatic N) is 6. The van der Waals surface area contributed by atoms with Gasteiger partial charge in [-0.1, -0.05) is 0 Å². The number of carbonyl (C=O) groups excluding carboxylic acids is 1. The number of urea groups is 1. The normalized spacial score (nSPS) is 22.0. The molecule has 1 aromatic heterocycles. The van der Waals surface area contributed by atoms with Crippen LogP contribution >= 0.6 is 0 Å². The molecule has 5 rings (SSSR count). The Labute approximate surface area is 202 Å². The molecule has 0 spiro atoms. The molecule has 0 bridgehead atoms. The zero-order valence-electron chi connectivity index (χ0n) is 19.5. The van der Waals surface area contributed by atoms with Gasteiger partial charge in [-0.3, -0.25) is 4.90 Å². The number of aliphatic imine (C=N–C) groups is 1. The number of rotatable bonds is 4. The molecule has 35 heavy (non-hydrogen) atoms. The Morgan fingerprint density at radius 1 is 1.20 bits per heavy atom. The Balaban J connectivity index is 1.28. The van der Waals surface area contributed by atoms with Gasteiger partial charge in [0.15, 0.2) is 9.84 Å². The molecule has 1 saturated heterocycles. The fourth-order valence-corrected chi connectivity index (χ4v) is 5.21. The van der Waals surface area contributed by atoms with Gasteiger partial charge in [0.05, 0.1) is 29.4 Å². The van der Waals surface area contributed by atoms with Crippen molar-refractivity contribution in [2.75, 3.05) is 37.8 Å². The molecule has 0 radical (unpaired) electrons. The lowest BCUT2D eigenvalue weighted by Crippen LogP contribution is -2.53. The van der Waals surface area contributed by atoms with Crippen molar-refractivity contribution in [1.29, 1.82) is 0 Å². The molecule has 0 aliphatic carbocycles. The van der Waals surface area contributed by atoms with E-state index in [0.717, 1.165) is 17.9 Å². The number of hydrogen-bond donors (Lipinski definition) is 0. The van der Waals surface area contributed by atoms with Crippen molar-refractivity contribution in [2.45, 2.75) is 30.3 Å². The standard InChI is InChI=1S/C23H26FN6O4S/c1-30(12-8-25-15-30)23(31)28-9-5-16(6-10-28)34-22-18-7-11-29(21(18)26-14-27-22)20-4-3-17(13-19(20)24)35(2,32)33/h3-4,8,12-16H,5-7,9-11H2,1-2H3/q+1. The van der Waals surface area contributed by atoms with E-state index in [1.54, 1.807) is 30.7 Å². The fraction of sp³-hybridized carbons (Fsp3) is 0.391. The van der Waals surface area contributed by atoms with Crippen LogP contribution in [0.1, 0.15) is 18.4 Å².